The first-order valence-electron chi connectivity index (χ1n) is 7.88. The molecule has 0 aliphatic heterocycles. The van der Waals surface area contributed by atoms with E-state index in [0.29, 0.717) is 22.7 Å². The fourth-order valence-electron chi connectivity index (χ4n) is 2.44. The van der Waals surface area contributed by atoms with Crippen LogP contribution in [0.1, 0.15) is 6.92 Å². The maximum atomic E-state index is 12.7. The second kappa shape index (κ2) is 7.50. The Hall–Kier alpha value is -3.33. The number of carbonyl (C=O) groups is 1. The van der Waals surface area contributed by atoms with E-state index in [0.717, 1.165) is 0 Å². The lowest BCUT2D eigenvalue weighted by molar-refractivity contribution is -0.114. The van der Waals surface area contributed by atoms with Gasteiger partial charge in [0.15, 0.2) is 5.76 Å². The van der Waals surface area contributed by atoms with Gasteiger partial charge in [-0.25, -0.2) is 8.42 Å². The normalized spacial score (nSPS) is 11.0. The van der Waals surface area contributed by atoms with Crippen molar-refractivity contribution in [2.75, 3.05) is 17.1 Å². The van der Waals surface area contributed by atoms with Gasteiger partial charge in [-0.15, -0.1) is 0 Å². The molecule has 0 bridgehead atoms. The molecule has 0 saturated carbocycles. The van der Waals surface area contributed by atoms with E-state index in [1.165, 1.54) is 26.3 Å². The Kier molecular flexibility index (Phi) is 5.13. The van der Waals surface area contributed by atoms with Gasteiger partial charge in [0.05, 0.1) is 13.3 Å². The summed E-state index contributed by atoms with van der Waals surface area (Å²) in [5, 5.41) is 6.25. The molecule has 8 nitrogen and oxygen atoms in total. The molecule has 1 heterocycles. The van der Waals surface area contributed by atoms with Crippen molar-refractivity contribution in [1.29, 1.82) is 0 Å². The molecular weight excluding hydrogens is 370 g/mol. The molecule has 9 heteroatoms. The fraction of sp³-hybridized carbons (Fsp3) is 0.111. The fourth-order valence-corrected chi connectivity index (χ4v) is 3.65. The molecule has 0 aliphatic carbocycles. The summed E-state index contributed by atoms with van der Waals surface area (Å²) in [6.45, 7) is 1.39. The van der Waals surface area contributed by atoms with Crippen molar-refractivity contribution in [3.05, 3.63) is 54.7 Å². The number of sulfonamides is 1. The monoisotopic (exact) mass is 387 g/mol. The van der Waals surface area contributed by atoms with Gasteiger partial charge in [0.2, 0.25) is 5.91 Å². The Morgan fingerprint density at radius 2 is 1.78 bits per heavy atom. The highest BCUT2D eigenvalue weighted by molar-refractivity contribution is 7.92. The van der Waals surface area contributed by atoms with Gasteiger partial charge in [-0.05, 0) is 42.5 Å². The van der Waals surface area contributed by atoms with Gasteiger partial charge in [0, 0.05) is 29.9 Å². The first kappa shape index (κ1) is 18.5. The van der Waals surface area contributed by atoms with Gasteiger partial charge in [-0.3, -0.25) is 9.52 Å². The van der Waals surface area contributed by atoms with Gasteiger partial charge in [-0.2, -0.15) is 0 Å². The number of methoxy groups -OCH3 is 1. The summed E-state index contributed by atoms with van der Waals surface area (Å²) in [4.78, 5) is 11.0. The molecule has 3 rings (SSSR count). The molecule has 2 aromatic carbocycles. The van der Waals surface area contributed by atoms with Gasteiger partial charge in [-0.1, -0.05) is 5.16 Å². The highest BCUT2D eigenvalue weighted by Gasteiger charge is 2.21. The largest absolute Gasteiger partial charge is 0.495 e. The first-order valence-corrected chi connectivity index (χ1v) is 9.37. The van der Waals surface area contributed by atoms with Crippen molar-refractivity contribution in [3.63, 3.8) is 0 Å². The third kappa shape index (κ3) is 4.26. The van der Waals surface area contributed by atoms with Gasteiger partial charge in [0.25, 0.3) is 10.0 Å². The second-order valence-corrected chi connectivity index (χ2v) is 7.26. The number of aromatic nitrogens is 1. The number of rotatable bonds is 6. The highest BCUT2D eigenvalue weighted by Crippen LogP contribution is 2.31. The number of hydrogen-bond acceptors (Lipinski definition) is 6. The summed E-state index contributed by atoms with van der Waals surface area (Å²) in [6.07, 6.45) is 1.50. The smallest absolute Gasteiger partial charge is 0.265 e. The average Bonchev–Trinajstić information content (AvgIpc) is 3.17. The number of amides is 1. The molecule has 1 amide bonds. The minimum Gasteiger partial charge on any atom is -0.495 e. The molecule has 27 heavy (non-hydrogen) atoms. The van der Waals surface area contributed by atoms with Crippen LogP contribution in [0.4, 0.5) is 11.4 Å². The van der Waals surface area contributed by atoms with E-state index < -0.39 is 10.0 Å². The molecule has 0 spiro atoms. The van der Waals surface area contributed by atoms with Crippen LogP contribution >= 0.6 is 0 Å². The van der Waals surface area contributed by atoms with Crippen molar-refractivity contribution in [2.45, 2.75) is 11.8 Å². The molecule has 2 N–H and O–H groups in total. The van der Waals surface area contributed by atoms with E-state index in [9.17, 15) is 13.2 Å². The van der Waals surface area contributed by atoms with Gasteiger partial charge < -0.3 is 14.6 Å². The van der Waals surface area contributed by atoms with Crippen LogP contribution in [-0.4, -0.2) is 26.6 Å². The van der Waals surface area contributed by atoms with Crippen LogP contribution in [0.5, 0.6) is 5.75 Å². The van der Waals surface area contributed by atoms with Crippen LogP contribution in [0.2, 0.25) is 0 Å². The molecule has 0 unspecified atom stereocenters. The molecule has 1 aromatic heterocycles. The van der Waals surface area contributed by atoms with E-state index in [4.69, 9.17) is 9.26 Å². The van der Waals surface area contributed by atoms with E-state index >= 15 is 0 Å². The number of anilines is 2. The lowest BCUT2D eigenvalue weighted by Crippen LogP contribution is -2.14. The van der Waals surface area contributed by atoms with Crippen LogP contribution < -0.4 is 14.8 Å². The molecule has 0 radical (unpaired) electrons. The Balaban J connectivity index is 1.87. The summed E-state index contributed by atoms with van der Waals surface area (Å²) < 4.78 is 38.3. The van der Waals surface area contributed by atoms with Crippen LogP contribution in [0.25, 0.3) is 11.3 Å². The zero-order valence-corrected chi connectivity index (χ0v) is 15.4. The molecule has 0 atom stereocenters. The van der Waals surface area contributed by atoms with E-state index in [-0.39, 0.29) is 16.6 Å². The molecule has 0 aliphatic rings. The number of benzene rings is 2. The van der Waals surface area contributed by atoms with E-state index in [2.05, 4.69) is 15.2 Å². The van der Waals surface area contributed by atoms with Crippen LogP contribution in [0, 0.1) is 0 Å². The lowest BCUT2D eigenvalue weighted by Gasteiger charge is -2.13. The number of hydrogen-bond donors (Lipinski definition) is 2. The van der Waals surface area contributed by atoms with E-state index in [1.54, 1.807) is 42.5 Å². The predicted octanol–water partition coefficient (Wildman–Crippen LogP) is 3.11. The zero-order valence-electron chi connectivity index (χ0n) is 14.6. The summed E-state index contributed by atoms with van der Waals surface area (Å²) >= 11 is 0. The summed E-state index contributed by atoms with van der Waals surface area (Å²) in [7, 11) is -2.50. The Bertz CT molecular complexity index is 1050. The topological polar surface area (TPSA) is 111 Å². The number of nitrogens with one attached hydrogen (secondary N) is 2. The number of ether oxygens (including phenoxy) is 1. The first-order chi connectivity index (χ1) is 12.9. The van der Waals surface area contributed by atoms with Gasteiger partial charge >= 0.3 is 0 Å². The lowest BCUT2D eigenvalue weighted by atomic mass is 10.1. The number of carbonyl (C=O) groups excluding carboxylic acids is 1. The molecule has 0 fully saturated rings. The SMILES string of the molecule is COc1cc(-c2ccno2)ccc1S(=O)(=O)Nc1ccc(NC(C)=O)cc1. The maximum Gasteiger partial charge on any atom is 0.265 e. The zero-order chi connectivity index (χ0) is 19.4. The van der Waals surface area contributed by atoms with Crippen LogP contribution in [0.3, 0.4) is 0 Å². The minimum absolute atomic E-state index is 0.0146. The quantitative estimate of drug-likeness (QED) is 0.672. The third-order valence-corrected chi connectivity index (χ3v) is 5.05. The average molecular weight is 387 g/mol. The van der Waals surface area contributed by atoms with Crippen molar-refractivity contribution in [3.8, 4) is 17.1 Å². The van der Waals surface area contributed by atoms with E-state index in [1.807, 2.05) is 0 Å². The maximum absolute atomic E-state index is 12.7. The molecular formula is C18H17N3O5S. The Morgan fingerprint density at radius 1 is 1.07 bits per heavy atom. The molecule has 0 saturated heterocycles. The predicted molar refractivity (Wildman–Crippen MR) is 100 cm³/mol. The summed E-state index contributed by atoms with van der Waals surface area (Å²) in [5.74, 6) is 0.463. The Morgan fingerprint density at radius 3 is 2.37 bits per heavy atom. The minimum atomic E-state index is -3.89. The molecule has 3 aromatic rings. The second-order valence-electron chi connectivity index (χ2n) is 5.61. The van der Waals surface area contributed by atoms with Crippen molar-refractivity contribution in [2.24, 2.45) is 0 Å². The van der Waals surface area contributed by atoms with Gasteiger partial charge in [0.1, 0.15) is 10.6 Å². The summed E-state index contributed by atoms with van der Waals surface area (Å²) in [6, 6.07) is 12.6. The highest BCUT2D eigenvalue weighted by atomic mass is 32.2. The van der Waals surface area contributed by atoms with Crippen molar-refractivity contribution >= 4 is 27.3 Å². The third-order valence-electron chi connectivity index (χ3n) is 3.63. The van der Waals surface area contributed by atoms with Crippen molar-refractivity contribution in [1.82, 2.24) is 5.16 Å². The summed E-state index contributed by atoms with van der Waals surface area (Å²) in [5.41, 5.74) is 1.56. The number of nitrogens with zero attached hydrogens (tertiary/aromatic N) is 1. The van der Waals surface area contributed by atoms with Crippen LogP contribution in [0.15, 0.2) is 64.1 Å². The standard InChI is InChI=1S/C18H17N3O5S/c1-12(22)20-14-4-6-15(7-5-14)21-27(23,24)18-8-3-13(11-17(18)25-2)16-9-10-19-26-16/h3-11,21H,1-2H3,(H,20,22). The van der Waals surface area contributed by atoms with Crippen molar-refractivity contribution < 1.29 is 22.5 Å². The van der Waals surface area contributed by atoms with Crippen LogP contribution in [-0.2, 0) is 14.8 Å². The molecule has 140 valence electrons. The Labute approximate surface area is 156 Å².